The Hall–Kier alpha value is -0.430. The van der Waals surface area contributed by atoms with Gasteiger partial charge in [-0.25, -0.2) is 0 Å². The molecule has 1 aromatic rings. The minimum Gasteiger partial charge on any atom is -0.480 e. The van der Waals surface area contributed by atoms with Gasteiger partial charge in [0.15, 0.2) is 0 Å². The Morgan fingerprint density at radius 3 is 3.00 bits per heavy atom. The normalized spacial score (nSPS) is 12.7. The summed E-state index contributed by atoms with van der Waals surface area (Å²) in [5, 5.41) is 13.8. The van der Waals surface area contributed by atoms with Crippen molar-refractivity contribution < 1.29 is 14.6 Å². The van der Waals surface area contributed by atoms with Crippen molar-refractivity contribution in [1.82, 2.24) is 5.32 Å². The molecule has 1 unspecified atom stereocenters. The minimum absolute atomic E-state index is 0.496. The van der Waals surface area contributed by atoms with Crippen LogP contribution in [0.25, 0.3) is 0 Å². The smallest absolute Gasteiger partial charge is 0.326 e. The van der Waals surface area contributed by atoms with Gasteiger partial charge in [0.25, 0.3) is 0 Å². The molecule has 0 saturated heterocycles. The van der Waals surface area contributed by atoms with Crippen molar-refractivity contribution >= 4 is 33.2 Å². The Bertz CT molecular complexity index is 329. The van der Waals surface area contributed by atoms with E-state index in [-0.39, 0.29) is 0 Å². The van der Waals surface area contributed by atoms with Crippen LogP contribution in [0, 0.1) is 0 Å². The fourth-order valence-corrected chi connectivity index (χ4v) is 2.61. The van der Waals surface area contributed by atoms with Gasteiger partial charge in [-0.3, -0.25) is 10.1 Å². The summed E-state index contributed by atoms with van der Waals surface area (Å²) in [5.74, 6) is -0.875. The van der Waals surface area contributed by atoms with Gasteiger partial charge in [-0.2, -0.15) is 0 Å². The zero-order valence-electron chi connectivity index (χ0n) is 8.20. The van der Waals surface area contributed by atoms with E-state index in [0.29, 0.717) is 13.2 Å². The van der Waals surface area contributed by atoms with Crippen LogP contribution in [0.5, 0.6) is 0 Å². The van der Waals surface area contributed by atoms with Crippen molar-refractivity contribution in [2.75, 3.05) is 20.3 Å². The average Bonchev–Trinajstić information content (AvgIpc) is 2.59. The molecule has 0 aliphatic rings. The molecule has 1 aromatic heterocycles. The van der Waals surface area contributed by atoms with Gasteiger partial charge in [-0.15, -0.1) is 11.3 Å². The molecule has 4 nitrogen and oxygen atoms in total. The summed E-state index contributed by atoms with van der Waals surface area (Å²) in [6.45, 7) is 1.01. The zero-order valence-corrected chi connectivity index (χ0v) is 10.6. The summed E-state index contributed by atoms with van der Waals surface area (Å²) in [6.07, 6.45) is 0. The Labute approximate surface area is 100 Å². The lowest BCUT2D eigenvalue weighted by atomic mass is 10.2. The van der Waals surface area contributed by atoms with Crippen LogP contribution in [0.2, 0.25) is 0 Å². The maximum atomic E-state index is 11.0. The molecule has 0 fully saturated rings. The molecule has 0 radical (unpaired) electrons. The van der Waals surface area contributed by atoms with Crippen LogP contribution in [-0.2, 0) is 9.53 Å². The number of carbonyl (C=O) groups is 1. The second kappa shape index (κ2) is 6.22. The number of hydrogen-bond acceptors (Lipinski definition) is 4. The number of halogens is 1. The Morgan fingerprint density at radius 1 is 1.80 bits per heavy atom. The Balaban J connectivity index is 2.62. The van der Waals surface area contributed by atoms with E-state index in [1.54, 1.807) is 7.11 Å². The molecule has 0 aliphatic heterocycles. The maximum absolute atomic E-state index is 11.0. The number of methoxy groups -OCH3 is 1. The lowest BCUT2D eigenvalue weighted by molar-refractivity contribution is -0.139. The number of ether oxygens (including phenoxy) is 1. The molecular weight excluding hydrogens is 282 g/mol. The molecule has 0 bridgehead atoms. The molecule has 1 rings (SSSR count). The van der Waals surface area contributed by atoms with Crippen LogP contribution in [0.1, 0.15) is 10.9 Å². The minimum atomic E-state index is -0.875. The fraction of sp³-hybridized carbons (Fsp3) is 0.444. The Morgan fingerprint density at radius 2 is 2.53 bits per heavy atom. The quantitative estimate of drug-likeness (QED) is 0.786. The number of hydrogen-bond donors (Lipinski definition) is 2. The molecule has 1 heterocycles. The van der Waals surface area contributed by atoms with Gasteiger partial charge in [0, 0.05) is 28.4 Å². The number of thiophene rings is 1. The van der Waals surface area contributed by atoms with E-state index in [0.717, 1.165) is 9.35 Å². The van der Waals surface area contributed by atoms with Crippen LogP contribution in [-0.4, -0.2) is 31.3 Å². The summed E-state index contributed by atoms with van der Waals surface area (Å²) in [5.41, 5.74) is 0. The fourth-order valence-electron chi connectivity index (χ4n) is 1.09. The lowest BCUT2D eigenvalue weighted by Crippen LogP contribution is -2.30. The highest BCUT2D eigenvalue weighted by atomic mass is 79.9. The third kappa shape index (κ3) is 3.90. The monoisotopic (exact) mass is 293 g/mol. The van der Waals surface area contributed by atoms with Crippen LogP contribution >= 0.6 is 27.3 Å². The third-order valence-corrected chi connectivity index (χ3v) is 3.53. The van der Waals surface area contributed by atoms with Gasteiger partial charge >= 0.3 is 5.97 Å². The summed E-state index contributed by atoms with van der Waals surface area (Å²) >= 11 is 4.71. The molecule has 0 amide bonds. The summed E-state index contributed by atoms with van der Waals surface area (Å²) < 4.78 is 5.76. The van der Waals surface area contributed by atoms with E-state index in [1.807, 2.05) is 11.4 Å². The first-order valence-corrected chi connectivity index (χ1v) is 6.01. The molecule has 0 aromatic carbocycles. The molecule has 2 N–H and O–H groups in total. The maximum Gasteiger partial charge on any atom is 0.326 e. The van der Waals surface area contributed by atoms with Crippen LogP contribution in [0.3, 0.4) is 0 Å². The number of carboxylic acid groups (broad SMARTS) is 1. The third-order valence-electron chi connectivity index (χ3n) is 1.77. The topological polar surface area (TPSA) is 58.6 Å². The molecule has 0 spiro atoms. The van der Waals surface area contributed by atoms with Crippen LogP contribution in [0.4, 0.5) is 0 Å². The van der Waals surface area contributed by atoms with E-state index >= 15 is 0 Å². The van der Waals surface area contributed by atoms with Crippen molar-refractivity contribution in [2.45, 2.75) is 6.04 Å². The van der Waals surface area contributed by atoms with E-state index in [4.69, 9.17) is 9.84 Å². The number of nitrogens with one attached hydrogen (secondary N) is 1. The van der Waals surface area contributed by atoms with Crippen molar-refractivity contribution in [1.29, 1.82) is 0 Å². The summed E-state index contributed by atoms with van der Waals surface area (Å²) in [4.78, 5) is 11.8. The lowest BCUT2D eigenvalue weighted by Gasteiger charge is -2.11. The number of carboxylic acids is 1. The van der Waals surface area contributed by atoms with Crippen molar-refractivity contribution in [3.63, 3.8) is 0 Å². The molecule has 15 heavy (non-hydrogen) atoms. The Kier molecular flexibility index (Phi) is 5.24. The average molecular weight is 294 g/mol. The zero-order chi connectivity index (χ0) is 11.3. The van der Waals surface area contributed by atoms with Crippen LogP contribution in [0.15, 0.2) is 15.9 Å². The SMILES string of the molecule is COCCNC(C(=O)O)c1cc(Br)cs1. The van der Waals surface area contributed by atoms with Crippen molar-refractivity contribution in [3.05, 3.63) is 20.8 Å². The highest BCUT2D eigenvalue weighted by Gasteiger charge is 2.20. The molecule has 6 heteroatoms. The number of aliphatic carboxylic acids is 1. The van der Waals surface area contributed by atoms with E-state index in [2.05, 4.69) is 21.2 Å². The summed E-state index contributed by atoms with van der Waals surface area (Å²) in [6, 6.07) is 1.15. The van der Waals surface area contributed by atoms with Gasteiger partial charge in [-0.1, -0.05) is 0 Å². The molecule has 0 saturated carbocycles. The van der Waals surface area contributed by atoms with Crippen molar-refractivity contribution in [3.8, 4) is 0 Å². The number of rotatable bonds is 6. The van der Waals surface area contributed by atoms with Crippen LogP contribution < -0.4 is 5.32 Å². The van der Waals surface area contributed by atoms with Crippen molar-refractivity contribution in [2.24, 2.45) is 0 Å². The van der Waals surface area contributed by atoms with E-state index < -0.39 is 12.0 Å². The molecule has 1 atom stereocenters. The first kappa shape index (κ1) is 12.6. The van der Waals surface area contributed by atoms with Gasteiger partial charge in [-0.05, 0) is 22.0 Å². The second-order valence-corrected chi connectivity index (χ2v) is 4.74. The summed E-state index contributed by atoms with van der Waals surface area (Å²) in [7, 11) is 1.58. The predicted molar refractivity (Wildman–Crippen MR) is 62.3 cm³/mol. The van der Waals surface area contributed by atoms with Gasteiger partial charge in [0.05, 0.1) is 6.61 Å². The predicted octanol–water partition coefficient (Wildman–Crippen LogP) is 1.87. The van der Waals surface area contributed by atoms with Gasteiger partial charge < -0.3 is 9.84 Å². The first-order valence-electron chi connectivity index (χ1n) is 4.34. The standard InChI is InChI=1S/C9H12BrNO3S/c1-14-3-2-11-8(9(12)13)7-4-6(10)5-15-7/h4-5,8,11H,2-3H2,1H3,(H,12,13). The largest absolute Gasteiger partial charge is 0.480 e. The highest BCUT2D eigenvalue weighted by Crippen LogP contribution is 2.25. The van der Waals surface area contributed by atoms with Gasteiger partial charge in [0.2, 0.25) is 0 Å². The molecule has 0 aliphatic carbocycles. The van der Waals surface area contributed by atoms with E-state index in [1.165, 1.54) is 11.3 Å². The van der Waals surface area contributed by atoms with E-state index in [9.17, 15) is 4.79 Å². The molecule has 84 valence electrons. The molecular formula is C9H12BrNO3S. The highest BCUT2D eigenvalue weighted by molar-refractivity contribution is 9.10. The van der Waals surface area contributed by atoms with Gasteiger partial charge in [0.1, 0.15) is 6.04 Å². The second-order valence-electron chi connectivity index (χ2n) is 2.89. The first-order chi connectivity index (χ1) is 7.15.